The number of sulfonamides is 1. The molecule has 2 rings (SSSR count). The van der Waals surface area contributed by atoms with Crippen molar-refractivity contribution in [3.05, 3.63) is 65.5 Å². The maximum absolute atomic E-state index is 13.5. The van der Waals surface area contributed by atoms with Crippen molar-refractivity contribution in [2.45, 2.75) is 59.2 Å². The van der Waals surface area contributed by atoms with Gasteiger partial charge in [-0.3, -0.25) is 13.9 Å². The van der Waals surface area contributed by atoms with E-state index in [0.29, 0.717) is 17.7 Å². The van der Waals surface area contributed by atoms with Crippen LogP contribution in [0.1, 0.15) is 45.2 Å². The minimum Gasteiger partial charge on any atom is -0.352 e. The molecule has 2 amide bonds. The number of carbonyl (C=O) groups is 2. The zero-order valence-electron chi connectivity index (χ0n) is 20.4. The van der Waals surface area contributed by atoms with Gasteiger partial charge < -0.3 is 10.2 Å². The summed E-state index contributed by atoms with van der Waals surface area (Å²) < 4.78 is 39.8. The molecule has 9 heteroatoms. The summed E-state index contributed by atoms with van der Waals surface area (Å²) in [5, 5.41) is 2.87. The van der Waals surface area contributed by atoms with Crippen molar-refractivity contribution < 1.29 is 22.4 Å². The second kappa shape index (κ2) is 12.0. The summed E-state index contributed by atoms with van der Waals surface area (Å²) in [6.45, 7) is 6.88. The Balaban J connectivity index is 2.41. The van der Waals surface area contributed by atoms with E-state index in [1.807, 2.05) is 32.9 Å². The minimum atomic E-state index is -3.79. The Bertz CT molecular complexity index is 1090. The van der Waals surface area contributed by atoms with Gasteiger partial charge in [-0.15, -0.1) is 0 Å². The number of anilines is 1. The van der Waals surface area contributed by atoms with Crippen molar-refractivity contribution in [1.29, 1.82) is 0 Å². The molecule has 0 saturated heterocycles. The quantitative estimate of drug-likeness (QED) is 0.521. The van der Waals surface area contributed by atoms with E-state index in [1.165, 1.54) is 29.2 Å². The average molecular weight is 492 g/mol. The molecule has 0 fully saturated rings. The lowest BCUT2D eigenvalue weighted by Gasteiger charge is -2.32. The number of aryl methyl sites for hydroxylation is 1. The Labute approximate surface area is 202 Å². The molecular formula is C25H34FN3O4S. The first kappa shape index (κ1) is 27.3. The fourth-order valence-electron chi connectivity index (χ4n) is 3.48. The molecule has 0 radical (unpaired) electrons. The molecule has 0 unspecified atom stereocenters. The van der Waals surface area contributed by atoms with Crippen molar-refractivity contribution in [3.63, 3.8) is 0 Å². The molecule has 186 valence electrons. The van der Waals surface area contributed by atoms with E-state index >= 15 is 0 Å². The summed E-state index contributed by atoms with van der Waals surface area (Å²) in [4.78, 5) is 27.7. The molecule has 0 spiro atoms. The third-order valence-corrected chi connectivity index (χ3v) is 6.88. The molecule has 0 heterocycles. The lowest BCUT2D eigenvalue weighted by Crippen LogP contribution is -2.52. The van der Waals surface area contributed by atoms with E-state index in [9.17, 15) is 22.4 Å². The first-order chi connectivity index (χ1) is 16.0. The highest BCUT2D eigenvalue weighted by Crippen LogP contribution is 2.24. The van der Waals surface area contributed by atoms with Gasteiger partial charge in [0.2, 0.25) is 21.8 Å². The monoisotopic (exact) mass is 491 g/mol. The largest absolute Gasteiger partial charge is 0.352 e. The molecular weight excluding hydrogens is 457 g/mol. The number of benzene rings is 2. The van der Waals surface area contributed by atoms with Crippen molar-refractivity contribution in [2.24, 2.45) is 0 Å². The van der Waals surface area contributed by atoms with Crippen LogP contribution in [0.4, 0.5) is 10.1 Å². The van der Waals surface area contributed by atoms with Crippen LogP contribution in [0.15, 0.2) is 48.5 Å². The lowest BCUT2D eigenvalue weighted by atomic mass is 10.1. The van der Waals surface area contributed by atoms with Crippen molar-refractivity contribution in [3.8, 4) is 0 Å². The number of hydrogen-bond donors (Lipinski definition) is 1. The third kappa shape index (κ3) is 7.28. The van der Waals surface area contributed by atoms with Crippen LogP contribution < -0.4 is 9.62 Å². The molecule has 2 atom stereocenters. The van der Waals surface area contributed by atoms with E-state index in [2.05, 4.69) is 5.32 Å². The number of nitrogens with one attached hydrogen (secondary N) is 1. The van der Waals surface area contributed by atoms with Crippen LogP contribution in [0.5, 0.6) is 0 Å². The smallest absolute Gasteiger partial charge is 0.244 e. The van der Waals surface area contributed by atoms with E-state index in [4.69, 9.17) is 0 Å². The fraction of sp³-hybridized carbons (Fsp3) is 0.440. The molecule has 2 aromatic carbocycles. The molecule has 7 nitrogen and oxygen atoms in total. The molecule has 34 heavy (non-hydrogen) atoms. The van der Waals surface area contributed by atoms with Gasteiger partial charge in [-0.05, 0) is 56.0 Å². The van der Waals surface area contributed by atoms with Gasteiger partial charge in [0.15, 0.2) is 0 Å². The van der Waals surface area contributed by atoms with Crippen molar-refractivity contribution in [1.82, 2.24) is 10.2 Å². The molecule has 0 aromatic heterocycles. The van der Waals surface area contributed by atoms with Crippen LogP contribution in [0.3, 0.4) is 0 Å². The van der Waals surface area contributed by atoms with E-state index < -0.39 is 34.3 Å². The molecule has 0 aliphatic heterocycles. The predicted octanol–water partition coefficient (Wildman–Crippen LogP) is 3.49. The molecule has 0 aliphatic rings. The molecule has 2 aromatic rings. The Morgan fingerprint density at radius 3 is 2.21 bits per heavy atom. The van der Waals surface area contributed by atoms with Crippen LogP contribution in [0.25, 0.3) is 0 Å². The second-order valence-corrected chi connectivity index (χ2v) is 10.3. The zero-order valence-corrected chi connectivity index (χ0v) is 21.2. The van der Waals surface area contributed by atoms with Crippen LogP contribution in [0, 0.1) is 5.82 Å². The highest BCUT2D eigenvalue weighted by molar-refractivity contribution is 7.92. The maximum Gasteiger partial charge on any atom is 0.244 e. The molecule has 1 N–H and O–H groups in total. The SMILES string of the molecule is CCc1ccccc1N(CC(=O)N(Cc1ccc(F)cc1)[C@H](C)C(=O)N[C@@H](C)CC)S(C)(=O)=O. The van der Waals surface area contributed by atoms with E-state index in [1.54, 1.807) is 19.1 Å². The van der Waals surface area contributed by atoms with Gasteiger partial charge in [0.25, 0.3) is 0 Å². The molecule has 0 bridgehead atoms. The maximum atomic E-state index is 13.5. The number of rotatable bonds is 11. The van der Waals surface area contributed by atoms with Crippen LogP contribution in [0.2, 0.25) is 0 Å². The van der Waals surface area contributed by atoms with Gasteiger partial charge in [-0.2, -0.15) is 0 Å². The van der Waals surface area contributed by atoms with Crippen LogP contribution >= 0.6 is 0 Å². The van der Waals surface area contributed by atoms with Crippen molar-refractivity contribution in [2.75, 3.05) is 17.1 Å². The minimum absolute atomic E-state index is 0.0290. The van der Waals surface area contributed by atoms with E-state index in [-0.39, 0.29) is 18.5 Å². The lowest BCUT2D eigenvalue weighted by molar-refractivity contribution is -0.139. The van der Waals surface area contributed by atoms with Gasteiger partial charge in [-0.25, -0.2) is 12.8 Å². The number of carbonyl (C=O) groups excluding carboxylic acids is 2. The Morgan fingerprint density at radius 2 is 1.65 bits per heavy atom. The second-order valence-electron chi connectivity index (χ2n) is 8.39. The van der Waals surface area contributed by atoms with E-state index in [0.717, 1.165) is 22.5 Å². The highest BCUT2D eigenvalue weighted by atomic mass is 32.2. The number of para-hydroxylation sites is 1. The van der Waals surface area contributed by atoms with Gasteiger partial charge >= 0.3 is 0 Å². The Kier molecular flexibility index (Phi) is 9.61. The number of halogens is 1. The number of amides is 2. The summed E-state index contributed by atoms with van der Waals surface area (Å²) in [6, 6.07) is 11.7. The normalized spacial score (nSPS) is 13.1. The summed E-state index contributed by atoms with van der Waals surface area (Å²) in [7, 11) is -3.79. The summed E-state index contributed by atoms with van der Waals surface area (Å²) >= 11 is 0. The summed E-state index contributed by atoms with van der Waals surface area (Å²) in [5.74, 6) is -1.29. The fourth-order valence-corrected chi connectivity index (χ4v) is 4.36. The van der Waals surface area contributed by atoms with Gasteiger partial charge in [-0.1, -0.05) is 44.2 Å². The predicted molar refractivity (Wildman–Crippen MR) is 132 cm³/mol. The van der Waals surface area contributed by atoms with Gasteiger partial charge in [0.1, 0.15) is 18.4 Å². The highest BCUT2D eigenvalue weighted by Gasteiger charge is 2.31. The first-order valence-corrected chi connectivity index (χ1v) is 13.2. The third-order valence-electron chi connectivity index (χ3n) is 5.75. The number of nitrogens with zero attached hydrogens (tertiary/aromatic N) is 2. The summed E-state index contributed by atoms with van der Waals surface area (Å²) in [5.41, 5.74) is 1.84. The molecule has 0 aliphatic carbocycles. The van der Waals surface area contributed by atoms with Gasteiger partial charge in [0, 0.05) is 12.6 Å². The van der Waals surface area contributed by atoms with Crippen LogP contribution in [-0.4, -0.2) is 50.0 Å². The first-order valence-electron chi connectivity index (χ1n) is 11.4. The number of hydrogen-bond acceptors (Lipinski definition) is 4. The topological polar surface area (TPSA) is 86.8 Å². The zero-order chi connectivity index (χ0) is 25.5. The molecule has 0 saturated carbocycles. The Morgan fingerprint density at radius 1 is 1.03 bits per heavy atom. The summed E-state index contributed by atoms with van der Waals surface area (Å²) in [6.07, 6.45) is 2.36. The standard InChI is InChI=1S/C25H34FN3O4S/c1-6-18(3)27-25(31)19(4)28(16-20-12-14-22(26)15-13-20)24(30)17-29(34(5,32)33)23-11-9-8-10-21(23)7-2/h8-15,18-19H,6-7,16-17H2,1-5H3,(H,27,31)/t18-,19+/m0/s1. The van der Waals surface area contributed by atoms with Gasteiger partial charge in [0.05, 0.1) is 11.9 Å². The average Bonchev–Trinajstić information content (AvgIpc) is 2.80. The Hall–Kier alpha value is -2.94. The van der Waals surface area contributed by atoms with Crippen molar-refractivity contribution >= 4 is 27.5 Å². The van der Waals surface area contributed by atoms with Crippen LogP contribution in [-0.2, 0) is 32.6 Å².